The molecule has 0 saturated carbocycles. The Morgan fingerprint density at radius 3 is 2.82 bits per heavy atom. The van der Waals surface area contributed by atoms with Crippen molar-refractivity contribution < 1.29 is 14.3 Å². The topological polar surface area (TPSA) is 50.2 Å². The number of rotatable bonds is 3. The molecule has 0 amide bonds. The molecule has 86 valence electrons. The number of pyridine rings is 1. The summed E-state index contributed by atoms with van der Waals surface area (Å²) in [6, 6.07) is 7.74. The summed E-state index contributed by atoms with van der Waals surface area (Å²) in [4.78, 5) is 14.5. The zero-order valence-electron chi connectivity index (χ0n) is 8.93. The molecule has 4 heteroatoms. The second-order valence-corrected chi connectivity index (χ2v) is 3.63. The Kier molecular flexibility index (Phi) is 3.14. The Bertz CT molecular complexity index is 540. The summed E-state index contributed by atoms with van der Waals surface area (Å²) in [6.07, 6.45) is 3.03. The minimum Gasteiger partial charge on any atom is -0.481 e. The number of aromatic nitrogens is 1. The SMILES string of the molecule is O=C(O)Cc1ccc(F)c(-c2cccnc2)c1. The fourth-order valence-electron chi connectivity index (χ4n) is 1.60. The van der Waals surface area contributed by atoms with Crippen LogP contribution < -0.4 is 0 Å². The number of nitrogens with zero attached hydrogens (tertiary/aromatic N) is 1. The molecular formula is C13H10FNO2. The van der Waals surface area contributed by atoms with Crippen molar-refractivity contribution >= 4 is 5.97 Å². The summed E-state index contributed by atoms with van der Waals surface area (Å²) in [6.45, 7) is 0. The zero-order chi connectivity index (χ0) is 12.3. The first-order chi connectivity index (χ1) is 8.16. The number of halogens is 1. The maximum Gasteiger partial charge on any atom is 0.307 e. The largest absolute Gasteiger partial charge is 0.481 e. The van der Waals surface area contributed by atoms with E-state index in [1.165, 1.54) is 12.1 Å². The molecule has 0 aliphatic heterocycles. The van der Waals surface area contributed by atoms with Crippen LogP contribution in [0.25, 0.3) is 11.1 Å². The van der Waals surface area contributed by atoms with Crippen LogP contribution >= 0.6 is 0 Å². The van der Waals surface area contributed by atoms with Gasteiger partial charge in [-0.15, -0.1) is 0 Å². The van der Waals surface area contributed by atoms with E-state index in [0.29, 0.717) is 16.7 Å². The third kappa shape index (κ3) is 2.66. The maximum absolute atomic E-state index is 13.6. The molecule has 3 nitrogen and oxygen atoms in total. The minimum atomic E-state index is -0.936. The maximum atomic E-state index is 13.6. The molecule has 0 radical (unpaired) electrons. The van der Waals surface area contributed by atoms with E-state index in [9.17, 15) is 9.18 Å². The Morgan fingerprint density at radius 1 is 1.35 bits per heavy atom. The summed E-state index contributed by atoms with van der Waals surface area (Å²) < 4.78 is 13.6. The lowest BCUT2D eigenvalue weighted by atomic mass is 10.0. The van der Waals surface area contributed by atoms with Crippen molar-refractivity contribution in [1.29, 1.82) is 0 Å². The van der Waals surface area contributed by atoms with Crippen LogP contribution in [0.15, 0.2) is 42.7 Å². The number of carboxylic acid groups (broad SMARTS) is 1. The first-order valence-corrected chi connectivity index (χ1v) is 5.07. The van der Waals surface area contributed by atoms with Gasteiger partial charge < -0.3 is 5.11 Å². The van der Waals surface area contributed by atoms with Crippen molar-refractivity contribution in [2.24, 2.45) is 0 Å². The van der Waals surface area contributed by atoms with Crippen LogP contribution in [0.4, 0.5) is 4.39 Å². The second kappa shape index (κ2) is 4.74. The average Bonchev–Trinajstić information content (AvgIpc) is 2.32. The smallest absolute Gasteiger partial charge is 0.307 e. The summed E-state index contributed by atoms with van der Waals surface area (Å²) in [5.74, 6) is -1.32. The van der Waals surface area contributed by atoms with Gasteiger partial charge in [-0.25, -0.2) is 4.39 Å². The minimum absolute atomic E-state index is 0.118. The second-order valence-electron chi connectivity index (χ2n) is 3.63. The van der Waals surface area contributed by atoms with Crippen molar-refractivity contribution in [3.63, 3.8) is 0 Å². The van der Waals surface area contributed by atoms with Gasteiger partial charge in [-0.1, -0.05) is 12.1 Å². The monoisotopic (exact) mass is 231 g/mol. The van der Waals surface area contributed by atoms with E-state index in [1.54, 1.807) is 30.6 Å². The first kappa shape index (κ1) is 11.3. The van der Waals surface area contributed by atoms with Crippen molar-refractivity contribution in [2.75, 3.05) is 0 Å². The molecule has 1 heterocycles. The number of aliphatic carboxylic acids is 1. The van der Waals surface area contributed by atoms with E-state index in [-0.39, 0.29) is 12.2 Å². The highest BCUT2D eigenvalue weighted by Crippen LogP contribution is 2.23. The number of hydrogen-bond donors (Lipinski definition) is 1. The summed E-state index contributed by atoms with van der Waals surface area (Å²) in [5.41, 5.74) is 1.58. The van der Waals surface area contributed by atoms with E-state index in [0.717, 1.165) is 0 Å². The lowest BCUT2D eigenvalue weighted by molar-refractivity contribution is -0.136. The van der Waals surface area contributed by atoms with Gasteiger partial charge in [0.2, 0.25) is 0 Å². The molecular weight excluding hydrogens is 221 g/mol. The highest BCUT2D eigenvalue weighted by atomic mass is 19.1. The van der Waals surface area contributed by atoms with Crippen molar-refractivity contribution in [3.05, 3.63) is 54.1 Å². The van der Waals surface area contributed by atoms with Crippen LogP contribution in [-0.2, 0) is 11.2 Å². The fourth-order valence-corrected chi connectivity index (χ4v) is 1.60. The van der Waals surface area contributed by atoms with Crippen LogP contribution in [0.2, 0.25) is 0 Å². The summed E-state index contributed by atoms with van der Waals surface area (Å²) >= 11 is 0. The molecule has 0 fully saturated rings. The van der Waals surface area contributed by atoms with Gasteiger partial charge in [-0.2, -0.15) is 0 Å². The molecule has 1 aromatic carbocycles. The molecule has 0 spiro atoms. The number of carboxylic acids is 1. The van der Waals surface area contributed by atoms with Gasteiger partial charge in [0.15, 0.2) is 0 Å². The third-order valence-corrected chi connectivity index (χ3v) is 2.36. The lowest BCUT2D eigenvalue weighted by Crippen LogP contribution is -2.00. The van der Waals surface area contributed by atoms with Crippen molar-refractivity contribution in [1.82, 2.24) is 4.98 Å². The molecule has 0 aliphatic rings. The first-order valence-electron chi connectivity index (χ1n) is 5.07. The van der Waals surface area contributed by atoms with Crippen molar-refractivity contribution in [2.45, 2.75) is 6.42 Å². The molecule has 0 aliphatic carbocycles. The van der Waals surface area contributed by atoms with Gasteiger partial charge in [-0.3, -0.25) is 9.78 Å². The zero-order valence-corrected chi connectivity index (χ0v) is 8.93. The van der Waals surface area contributed by atoms with Crippen LogP contribution in [0, 0.1) is 5.82 Å². The Morgan fingerprint density at radius 2 is 2.18 bits per heavy atom. The van der Waals surface area contributed by atoms with Gasteiger partial charge in [0.05, 0.1) is 6.42 Å². The molecule has 0 bridgehead atoms. The van der Waals surface area contributed by atoms with Gasteiger partial charge in [-0.05, 0) is 23.8 Å². The van der Waals surface area contributed by atoms with Gasteiger partial charge >= 0.3 is 5.97 Å². The van der Waals surface area contributed by atoms with Crippen LogP contribution in [-0.4, -0.2) is 16.1 Å². The summed E-state index contributed by atoms with van der Waals surface area (Å²) in [7, 11) is 0. The Balaban J connectivity index is 2.43. The standard InChI is InChI=1S/C13H10FNO2/c14-12-4-3-9(7-13(16)17)6-11(12)10-2-1-5-15-8-10/h1-6,8H,7H2,(H,16,17). The van der Waals surface area contributed by atoms with Gasteiger partial charge in [0, 0.05) is 23.5 Å². The molecule has 0 unspecified atom stereocenters. The normalized spacial score (nSPS) is 10.2. The number of benzene rings is 1. The van der Waals surface area contributed by atoms with E-state index in [2.05, 4.69) is 4.98 Å². The van der Waals surface area contributed by atoms with Crippen LogP contribution in [0.5, 0.6) is 0 Å². The molecule has 2 aromatic rings. The average molecular weight is 231 g/mol. The molecule has 1 N–H and O–H groups in total. The lowest BCUT2D eigenvalue weighted by Gasteiger charge is -2.05. The van der Waals surface area contributed by atoms with Crippen LogP contribution in [0.3, 0.4) is 0 Å². The molecule has 1 aromatic heterocycles. The predicted molar refractivity (Wildman–Crippen MR) is 61.0 cm³/mol. The number of hydrogen-bond acceptors (Lipinski definition) is 2. The van der Waals surface area contributed by atoms with Crippen molar-refractivity contribution in [3.8, 4) is 11.1 Å². The summed E-state index contributed by atoms with van der Waals surface area (Å²) in [5, 5.41) is 8.69. The van der Waals surface area contributed by atoms with E-state index < -0.39 is 5.97 Å². The van der Waals surface area contributed by atoms with Gasteiger partial charge in [0.1, 0.15) is 5.82 Å². The molecule has 17 heavy (non-hydrogen) atoms. The number of carbonyl (C=O) groups is 1. The Labute approximate surface area is 97.6 Å². The quantitative estimate of drug-likeness (QED) is 0.883. The van der Waals surface area contributed by atoms with E-state index in [4.69, 9.17) is 5.11 Å². The van der Waals surface area contributed by atoms with E-state index in [1.807, 2.05) is 0 Å². The Hall–Kier alpha value is -2.23. The van der Waals surface area contributed by atoms with Gasteiger partial charge in [0.25, 0.3) is 0 Å². The highest BCUT2D eigenvalue weighted by Gasteiger charge is 2.08. The molecule has 0 atom stereocenters. The molecule has 0 saturated heterocycles. The highest BCUT2D eigenvalue weighted by molar-refractivity contribution is 5.72. The van der Waals surface area contributed by atoms with Crippen LogP contribution in [0.1, 0.15) is 5.56 Å². The van der Waals surface area contributed by atoms with E-state index >= 15 is 0 Å². The molecule has 2 rings (SSSR count). The third-order valence-electron chi connectivity index (χ3n) is 2.36. The predicted octanol–water partition coefficient (Wildman–Crippen LogP) is 2.51. The fraction of sp³-hybridized carbons (Fsp3) is 0.0769.